The van der Waals surface area contributed by atoms with Gasteiger partial charge in [0.15, 0.2) is 5.75 Å². The molecule has 0 aromatic heterocycles. The molecule has 0 heterocycles. The smallest absolute Gasteiger partial charge is 0.311 e. The Kier molecular flexibility index (Phi) is 4.37. The number of nitrogens with zero attached hydrogens (tertiary/aromatic N) is 1. The molecule has 0 radical (unpaired) electrons. The molecular formula is C15H14FNO4. The third kappa shape index (κ3) is 3.47. The summed E-state index contributed by atoms with van der Waals surface area (Å²) >= 11 is 0. The van der Waals surface area contributed by atoms with Gasteiger partial charge >= 0.3 is 5.69 Å². The summed E-state index contributed by atoms with van der Waals surface area (Å²) in [7, 11) is 1.37. The van der Waals surface area contributed by atoms with Crippen LogP contribution in [0.5, 0.6) is 11.5 Å². The first-order valence-corrected chi connectivity index (χ1v) is 6.21. The van der Waals surface area contributed by atoms with Crippen LogP contribution >= 0.6 is 0 Å². The van der Waals surface area contributed by atoms with E-state index in [2.05, 4.69) is 0 Å². The Hall–Kier alpha value is -2.63. The maximum atomic E-state index is 13.2. The summed E-state index contributed by atoms with van der Waals surface area (Å²) in [5.41, 5.74) is 1.26. The number of aryl methyl sites for hydroxylation is 1. The standard InChI is InChI=1S/C15H14FNO4/c1-10-3-5-12(16)8-15(10)21-9-11-4-6-14(20-2)13(7-11)17(18)19/h3-8H,9H2,1-2H3. The van der Waals surface area contributed by atoms with Crippen LogP contribution in [0.3, 0.4) is 0 Å². The Morgan fingerprint density at radius 1 is 1.19 bits per heavy atom. The highest BCUT2D eigenvalue weighted by atomic mass is 19.1. The number of halogens is 1. The molecule has 0 saturated carbocycles. The molecule has 21 heavy (non-hydrogen) atoms. The fourth-order valence-corrected chi connectivity index (χ4v) is 1.86. The van der Waals surface area contributed by atoms with Gasteiger partial charge in [0.1, 0.15) is 18.2 Å². The van der Waals surface area contributed by atoms with Crippen molar-refractivity contribution in [2.45, 2.75) is 13.5 Å². The average molecular weight is 291 g/mol. The number of nitro groups is 1. The lowest BCUT2D eigenvalue weighted by Crippen LogP contribution is -2.00. The van der Waals surface area contributed by atoms with Crippen LogP contribution in [0.2, 0.25) is 0 Å². The molecule has 0 fully saturated rings. The van der Waals surface area contributed by atoms with E-state index >= 15 is 0 Å². The van der Waals surface area contributed by atoms with E-state index in [9.17, 15) is 14.5 Å². The Balaban J connectivity index is 2.18. The molecule has 0 aliphatic carbocycles. The van der Waals surface area contributed by atoms with Gasteiger partial charge in [-0.2, -0.15) is 0 Å². The van der Waals surface area contributed by atoms with Crippen LogP contribution in [0.15, 0.2) is 36.4 Å². The van der Waals surface area contributed by atoms with Gasteiger partial charge in [-0.05, 0) is 30.2 Å². The van der Waals surface area contributed by atoms with Gasteiger partial charge in [0.2, 0.25) is 0 Å². The Morgan fingerprint density at radius 2 is 1.95 bits per heavy atom. The number of benzene rings is 2. The predicted octanol–water partition coefficient (Wildman–Crippen LogP) is 3.63. The van der Waals surface area contributed by atoms with Crippen LogP contribution in [0.1, 0.15) is 11.1 Å². The maximum absolute atomic E-state index is 13.2. The zero-order valence-corrected chi connectivity index (χ0v) is 11.6. The van der Waals surface area contributed by atoms with Crippen molar-refractivity contribution in [2.75, 3.05) is 7.11 Å². The second kappa shape index (κ2) is 6.21. The highest BCUT2D eigenvalue weighted by Gasteiger charge is 2.15. The van der Waals surface area contributed by atoms with E-state index in [0.29, 0.717) is 11.3 Å². The van der Waals surface area contributed by atoms with Gasteiger partial charge in [-0.15, -0.1) is 0 Å². The van der Waals surface area contributed by atoms with Crippen molar-refractivity contribution in [2.24, 2.45) is 0 Å². The number of rotatable bonds is 5. The van der Waals surface area contributed by atoms with Crippen LogP contribution < -0.4 is 9.47 Å². The zero-order chi connectivity index (χ0) is 15.4. The van der Waals surface area contributed by atoms with Crippen molar-refractivity contribution < 1.29 is 18.8 Å². The molecule has 0 aliphatic rings. The van der Waals surface area contributed by atoms with Gasteiger partial charge in [-0.3, -0.25) is 10.1 Å². The summed E-state index contributed by atoms with van der Waals surface area (Å²) in [5, 5.41) is 10.9. The van der Waals surface area contributed by atoms with E-state index in [1.165, 1.54) is 31.4 Å². The molecule has 0 spiro atoms. The summed E-state index contributed by atoms with van der Waals surface area (Å²) in [4.78, 5) is 10.4. The van der Waals surface area contributed by atoms with E-state index in [1.807, 2.05) is 0 Å². The summed E-state index contributed by atoms with van der Waals surface area (Å²) in [6.07, 6.45) is 0. The molecule has 5 nitrogen and oxygen atoms in total. The number of hydrogen-bond donors (Lipinski definition) is 0. The minimum absolute atomic E-state index is 0.106. The molecule has 2 aromatic rings. The number of nitro benzene ring substituents is 1. The first-order chi connectivity index (χ1) is 10.0. The highest BCUT2D eigenvalue weighted by molar-refractivity contribution is 5.48. The second-order valence-electron chi connectivity index (χ2n) is 4.46. The molecule has 110 valence electrons. The van der Waals surface area contributed by atoms with E-state index in [-0.39, 0.29) is 18.0 Å². The third-order valence-corrected chi connectivity index (χ3v) is 2.98. The van der Waals surface area contributed by atoms with Crippen molar-refractivity contribution in [3.8, 4) is 11.5 Å². The van der Waals surface area contributed by atoms with Crippen molar-refractivity contribution >= 4 is 5.69 Å². The van der Waals surface area contributed by atoms with Crippen LogP contribution in [-0.4, -0.2) is 12.0 Å². The topological polar surface area (TPSA) is 61.6 Å². The van der Waals surface area contributed by atoms with Gasteiger partial charge in [0, 0.05) is 12.1 Å². The highest BCUT2D eigenvalue weighted by Crippen LogP contribution is 2.28. The van der Waals surface area contributed by atoms with E-state index in [4.69, 9.17) is 9.47 Å². The fraction of sp³-hybridized carbons (Fsp3) is 0.200. The molecule has 6 heteroatoms. The average Bonchev–Trinajstić information content (AvgIpc) is 2.47. The first kappa shape index (κ1) is 14.8. The lowest BCUT2D eigenvalue weighted by molar-refractivity contribution is -0.385. The zero-order valence-electron chi connectivity index (χ0n) is 11.6. The minimum atomic E-state index is -0.518. The van der Waals surface area contributed by atoms with Crippen molar-refractivity contribution in [3.05, 3.63) is 63.5 Å². The molecule has 0 saturated heterocycles. The first-order valence-electron chi connectivity index (χ1n) is 6.21. The lowest BCUT2D eigenvalue weighted by Gasteiger charge is -2.10. The molecule has 0 unspecified atom stereocenters. The number of ether oxygens (including phenoxy) is 2. The van der Waals surface area contributed by atoms with E-state index in [1.54, 1.807) is 19.1 Å². The van der Waals surface area contributed by atoms with Crippen LogP contribution in [0.4, 0.5) is 10.1 Å². The molecule has 0 N–H and O–H groups in total. The number of hydrogen-bond acceptors (Lipinski definition) is 4. The van der Waals surface area contributed by atoms with Crippen LogP contribution in [-0.2, 0) is 6.61 Å². The van der Waals surface area contributed by atoms with Crippen molar-refractivity contribution in [1.82, 2.24) is 0 Å². The summed E-state index contributed by atoms with van der Waals surface area (Å²) in [5.74, 6) is 0.204. The summed E-state index contributed by atoms with van der Waals surface area (Å²) < 4.78 is 23.6. The molecular weight excluding hydrogens is 277 g/mol. The van der Waals surface area contributed by atoms with Gasteiger partial charge < -0.3 is 9.47 Å². The van der Waals surface area contributed by atoms with Gasteiger partial charge in [-0.1, -0.05) is 12.1 Å². The lowest BCUT2D eigenvalue weighted by atomic mass is 10.2. The monoisotopic (exact) mass is 291 g/mol. The largest absolute Gasteiger partial charge is 0.490 e. The molecule has 0 aliphatic heterocycles. The Morgan fingerprint density at radius 3 is 2.62 bits per heavy atom. The quantitative estimate of drug-likeness (QED) is 0.623. The minimum Gasteiger partial charge on any atom is -0.490 e. The molecule has 0 bridgehead atoms. The third-order valence-electron chi connectivity index (χ3n) is 2.98. The summed E-state index contributed by atoms with van der Waals surface area (Å²) in [6, 6.07) is 8.80. The predicted molar refractivity (Wildman–Crippen MR) is 75.1 cm³/mol. The van der Waals surface area contributed by atoms with Gasteiger partial charge in [0.25, 0.3) is 0 Å². The molecule has 0 amide bonds. The van der Waals surface area contributed by atoms with Crippen LogP contribution in [0.25, 0.3) is 0 Å². The van der Waals surface area contributed by atoms with E-state index in [0.717, 1.165) is 5.56 Å². The van der Waals surface area contributed by atoms with Crippen LogP contribution in [0, 0.1) is 22.9 Å². The summed E-state index contributed by atoms with van der Waals surface area (Å²) in [6.45, 7) is 1.90. The van der Waals surface area contributed by atoms with Gasteiger partial charge in [-0.25, -0.2) is 4.39 Å². The molecule has 2 rings (SSSR count). The van der Waals surface area contributed by atoms with E-state index < -0.39 is 10.7 Å². The Labute approximate surface area is 121 Å². The second-order valence-corrected chi connectivity index (χ2v) is 4.46. The van der Waals surface area contributed by atoms with Crippen molar-refractivity contribution in [3.63, 3.8) is 0 Å². The van der Waals surface area contributed by atoms with Gasteiger partial charge in [0.05, 0.1) is 12.0 Å². The Bertz CT molecular complexity index is 673. The molecule has 0 atom stereocenters. The number of methoxy groups -OCH3 is 1. The maximum Gasteiger partial charge on any atom is 0.311 e. The fourth-order valence-electron chi connectivity index (χ4n) is 1.86. The SMILES string of the molecule is COc1ccc(COc2cc(F)ccc2C)cc1[N+](=O)[O-]. The normalized spacial score (nSPS) is 10.2. The molecule has 2 aromatic carbocycles. The van der Waals surface area contributed by atoms with Crippen molar-refractivity contribution in [1.29, 1.82) is 0 Å².